The van der Waals surface area contributed by atoms with Crippen molar-refractivity contribution in [2.75, 3.05) is 30.3 Å². The number of piperidine rings is 1. The van der Waals surface area contributed by atoms with Gasteiger partial charge in [-0.2, -0.15) is 0 Å². The molecule has 6 rings (SSSR count). The van der Waals surface area contributed by atoms with E-state index in [2.05, 4.69) is 44.1 Å². The van der Waals surface area contributed by atoms with Gasteiger partial charge >= 0.3 is 0 Å². The number of amides is 1. The van der Waals surface area contributed by atoms with Gasteiger partial charge in [-0.15, -0.1) is 11.3 Å². The summed E-state index contributed by atoms with van der Waals surface area (Å²) >= 11 is 1.64. The van der Waals surface area contributed by atoms with E-state index >= 15 is 0 Å². The quantitative estimate of drug-likeness (QED) is 0.603. The summed E-state index contributed by atoms with van der Waals surface area (Å²) in [6, 6.07) is 8.62. The first-order valence-electron chi connectivity index (χ1n) is 11.5. The molecule has 4 heterocycles. The second-order valence-electron chi connectivity index (χ2n) is 9.36. The fraction of sp³-hybridized carbons (Fsp3) is 0.417. The summed E-state index contributed by atoms with van der Waals surface area (Å²) in [6.07, 6.45) is 5.53. The number of fused-ring (bicyclic) bond motifs is 2. The summed E-state index contributed by atoms with van der Waals surface area (Å²) in [5, 5.41) is 0. The number of anilines is 2. The Labute approximate surface area is 196 Å². The zero-order chi connectivity index (χ0) is 22.6. The van der Waals surface area contributed by atoms with Gasteiger partial charge in [0, 0.05) is 37.0 Å². The van der Waals surface area contributed by atoms with Gasteiger partial charge in [-0.05, 0) is 35.8 Å². The molecule has 170 valence electrons. The Morgan fingerprint density at radius 1 is 1.15 bits per heavy atom. The molecule has 0 unspecified atom stereocenters. The molecule has 33 heavy (non-hydrogen) atoms. The normalized spacial score (nSPS) is 21.2. The van der Waals surface area contributed by atoms with E-state index in [1.165, 1.54) is 16.0 Å². The van der Waals surface area contributed by atoms with E-state index in [1.54, 1.807) is 22.4 Å². The Balaban J connectivity index is 1.15. The van der Waals surface area contributed by atoms with Gasteiger partial charge < -0.3 is 21.3 Å². The second kappa shape index (κ2) is 7.78. The van der Waals surface area contributed by atoms with E-state index < -0.39 is 0 Å². The summed E-state index contributed by atoms with van der Waals surface area (Å²) in [6.45, 7) is 2.84. The lowest BCUT2D eigenvalue weighted by atomic mass is 9.73. The van der Waals surface area contributed by atoms with Crippen LogP contribution in [0.2, 0.25) is 0 Å². The van der Waals surface area contributed by atoms with Crippen molar-refractivity contribution in [2.24, 2.45) is 11.1 Å². The second-order valence-corrected chi connectivity index (χ2v) is 10.3. The van der Waals surface area contributed by atoms with Crippen molar-refractivity contribution in [1.82, 2.24) is 19.9 Å². The van der Waals surface area contributed by atoms with Gasteiger partial charge in [-0.3, -0.25) is 4.79 Å². The van der Waals surface area contributed by atoms with Crippen molar-refractivity contribution in [3.8, 4) is 0 Å². The maximum atomic E-state index is 13.0. The number of aromatic nitrogens is 3. The smallest absolute Gasteiger partial charge is 0.276 e. The van der Waals surface area contributed by atoms with Crippen molar-refractivity contribution < 1.29 is 4.79 Å². The van der Waals surface area contributed by atoms with Gasteiger partial charge in [-0.1, -0.05) is 24.3 Å². The van der Waals surface area contributed by atoms with Crippen molar-refractivity contribution in [3.05, 3.63) is 63.4 Å². The third-order valence-electron chi connectivity index (χ3n) is 7.63. The molecule has 3 aromatic rings. The number of carbonyl (C=O) groups excluding carboxylic acids is 1. The number of hydrogen-bond donors (Lipinski definition) is 2. The van der Waals surface area contributed by atoms with E-state index in [9.17, 15) is 4.79 Å². The highest BCUT2D eigenvalue weighted by Crippen LogP contribution is 2.50. The van der Waals surface area contributed by atoms with Gasteiger partial charge in [-0.25, -0.2) is 15.0 Å². The zero-order valence-corrected chi connectivity index (χ0v) is 19.2. The van der Waals surface area contributed by atoms with Crippen molar-refractivity contribution in [1.29, 1.82) is 0 Å². The van der Waals surface area contributed by atoms with Gasteiger partial charge in [0.05, 0.1) is 23.9 Å². The molecular formula is C24H27N7OS. The molecule has 1 saturated heterocycles. The number of thiazole rings is 1. The Hall–Kier alpha value is -3.04. The van der Waals surface area contributed by atoms with Crippen LogP contribution in [0.3, 0.4) is 0 Å². The van der Waals surface area contributed by atoms with Gasteiger partial charge in [0.25, 0.3) is 5.91 Å². The van der Waals surface area contributed by atoms with Crippen LogP contribution in [0, 0.1) is 5.41 Å². The fourth-order valence-corrected chi connectivity index (χ4v) is 6.41. The average molecular weight is 462 g/mol. The average Bonchev–Trinajstić information content (AvgIpc) is 3.41. The van der Waals surface area contributed by atoms with Crippen LogP contribution in [0.15, 0.2) is 36.0 Å². The first kappa shape index (κ1) is 20.6. The third-order valence-corrected chi connectivity index (χ3v) is 8.56. The number of carbonyl (C=O) groups is 1. The molecule has 4 N–H and O–H groups in total. The van der Waals surface area contributed by atoms with Crippen molar-refractivity contribution in [3.63, 3.8) is 0 Å². The zero-order valence-electron chi connectivity index (χ0n) is 18.4. The van der Waals surface area contributed by atoms with Crippen molar-refractivity contribution in [2.45, 2.75) is 38.3 Å². The van der Waals surface area contributed by atoms with E-state index in [0.717, 1.165) is 50.3 Å². The maximum absolute atomic E-state index is 13.0. The molecular weight excluding hydrogens is 434 g/mol. The number of nitrogens with zero attached hydrogens (tertiary/aromatic N) is 5. The molecule has 1 fully saturated rings. The molecule has 2 aliphatic heterocycles. The monoisotopic (exact) mass is 461 g/mol. The molecule has 1 amide bonds. The fourth-order valence-electron chi connectivity index (χ4n) is 5.64. The van der Waals surface area contributed by atoms with E-state index in [4.69, 9.17) is 11.5 Å². The number of benzene rings is 1. The Kier molecular flexibility index (Phi) is 4.84. The largest absolute Gasteiger partial charge is 0.382 e. The molecule has 1 aromatic carbocycles. The highest BCUT2D eigenvalue weighted by molar-refractivity contribution is 7.09. The van der Waals surface area contributed by atoms with E-state index in [-0.39, 0.29) is 28.9 Å². The molecule has 8 nitrogen and oxygen atoms in total. The topological polar surface area (TPSA) is 114 Å². The lowest BCUT2D eigenvalue weighted by molar-refractivity contribution is 0.0728. The van der Waals surface area contributed by atoms with E-state index in [0.29, 0.717) is 13.1 Å². The lowest BCUT2D eigenvalue weighted by Gasteiger charge is -2.42. The molecule has 1 atom stereocenters. The molecule has 9 heteroatoms. The third kappa shape index (κ3) is 3.38. The first-order valence-corrected chi connectivity index (χ1v) is 12.3. The van der Waals surface area contributed by atoms with Crippen LogP contribution >= 0.6 is 11.3 Å². The summed E-state index contributed by atoms with van der Waals surface area (Å²) in [7, 11) is 0. The van der Waals surface area contributed by atoms with Crippen LogP contribution in [0.25, 0.3) is 0 Å². The summed E-state index contributed by atoms with van der Waals surface area (Å²) in [5.41, 5.74) is 18.7. The van der Waals surface area contributed by atoms with E-state index in [1.807, 2.05) is 5.51 Å². The van der Waals surface area contributed by atoms with Gasteiger partial charge in [0.15, 0.2) is 11.5 Å². The Morgan fingerprint density at radius 2 is 1.97 bits per heavy atom. The summed E-state index contributed by atoms with van der Waals surface area (Å²) in [4.78, 5) is 31.6. The first-order chi connectivity index (χ1) is 16.0. The van der Waals surface area contributed by atoms with Crippen LogP contribution in [-0.2, 0) is 19.4 Å². The van der Waals surface area contributed by atoms with Gasteiger partial charge in [0.2, 0.25) is 0 Å². The number of nitrogen functional groups attached to an aromatic ring is 1. The van der Waals surface area contributed by atoms with Crippen LogP contribution in [0.1, 0.15) is 51.1 Å². The molecule has 1 spiro atoms. The van der Waals surface area contributed by atoms with Crippen LogP contribution < -0.4 is 16.4 Å². The Morgan fingerprint density at radius 3 is 2.76 bits per heavy atom. The molecule has 0 bridgehead atoms. The lowest BCUT2D eigenvalue weighted by Crippen LogP contribution is -2.44. The highest BCUT2D eigenvalue weighted by atomic mass is 32.1. The minimum atomic E-state index is -0.183. The van der Waals surface area contributed by atoms with Crippen LogP contribution in [-0.4, -0.2) is 45.4 Å². The summed E-state index contributed by atoms with van der Waals surface area (Å²) < 4.78 is 0. The van der Waals surface area contributed by atoms with Crippen LogP contribution in [0.4, 0.5) is 11.6 Å². The molecule has 0 saturated carbocycles. The predicted octanol–water partition coefficient (Wildman–Crippen LogP) is 2.56. The number of rotatable bonds is 2. The van der Waals surface area contributed by atoms with Crippen molar-refractivity contribution >= 4 is 28.9 Å². The molecule has 3 aliphatic rings. The molecule has 1 aliphatic carbocycles. The summed E-state index contributed by atoms with van der Waals surface area (Å²) in [5.74, 6) is 0.729. The van der Waals surface area contributed by atoms with Gasteiger partial charge in [0.1, 0.15) is 5.82 Å². The standard InChI is InChI=1S/C24H27N7OS/c25-21-16-4-2-1-3-15(16)11-24(21)6-9-30(10-7-24)19-12-27-20(22(26)29-19)23(32)31-8-5-18-17(13-31)28-14-33-18/h1-4,12,14,21H,5-11,13,25H2,(H2,26,29)/t21-/m1/s1. The number of hydrogen-bond acceptors (Lipinski definition) is 8. The molecule has 0 radical (unpaired) electrons. The predicted molar refractivity (Wildman–Crippen MR) is 128 cm³/mol. The minimum Gasteiger partial charge on any atom is -0.382 e. The minimum absolute atomic E-state index is 0.0785. The van der Waals surface area contributed by atoms with Crippen LogP contribution in [0.5, 0.6) is 0 Å². The number of nitrogens with two attached hydrogens (primary N) is 2. The maximum Gasteiger partial charge on any atom is 0.276 e. The highest BCUT2D eigenvalue weighted by Gasteiger charge is 2.46. The molecule has 2 aromatic heterocycles. The SMILES string of the molecule is Nc1nc(N2CCC3(CC2)Cc2ccccc2[C@H]3N)cnc1C(=O)N1CCc2scnc2C1. The Bertz CT molecular complexity index is 1220.